The monoisotopic (exact) mass is 251 g/mol. The van der Waals surface area contributed by atoms with E-state index in [1.807, 2.05) is 12.1 Å². The lowest BCUT2D eigenvalue weighted by Crippen LogP contribution is -2.28. The maximum Gasteiger partial charge on any atom is 0.124 e. The molecular weight excluding hydrogens is 234 g/mol. The fraction of sp³-hybridized carbons (Fsp3) is 0.462. The summed E-state index contributed by atoms with van der Waals surface area (Å²) in [7, 11) is 0. The molecule has 17 heavy (non-hydrogen) atoms. The van der Waals surface area contributed by atoms with Gasteiger partial charge < -0.3 is 10.6 Å². The van der Waals surface area contributed by atoms with Gasteiger partial charge in [-0.25, -0.2) is 0 Å². The SMILES string of the molecule is CCN(CC1CC1)c1ccc(Cl)cc1C(=N)N. The zero-order valence-corrected chi connectivity index (χ0v) is 10.8. The third-order valence-electron chi connectivity index (χ3n) is 3.15. The van der Waals surface area contributed by atoms with Gasteiger partial charge >= 0.3 is 0 Å². The van der Waals surface area contributed by atoms with E-state index in [1.54, 1.807) is 6.07 Å². The Morgan fingerprint density at radius 1 is 1.53 bits per heavy atom. The van der Waals surface area contributed by atoms with Crippen LogP contribution < -0.4 is 10.6 Å². The lowest BCUT2D eigenvalue weighted by Gasteiger charge is -2.25. The van der Waals surface area contributed by atoms with Crippen LogP contribution in [0.1, 0.15) is 25.3 Å². The number of nitrogens with two attached hydrogens (primary N) is 1. The third-order valence-corrected chi connectivity index (χ3v) is 3.38. The van der Waals surface area contributed by atoms with Crippen molar-refractivity contribution in [3.63, 3.8) is 0 Å². The molecule has 0 aliphatic heterocycles. The first-order chi connectivity index (χ1) is 8.11. The molecule has 1 fully saturated rings. The minimum atomic E-state index is 0.0803. The van der Waals surface area contributed by atoms with Gasteiger partial charge in [0.05, 0.1) is 0 Å². The van der Waals surface area contributed by atoms with Crippen LogP contribution in [0, 0.1) is 11.3 Å². The number of hydrogen-bond donors (Lipinski definition) is 2. The van der Waals surface area contributed by atoms with Gasteiger partial charge in [-0.2, -0.15) is 0 Å². The zero-order valence-electron chi connectivity index (χ0n) is 10.0. The molecule has 0 amide bonds. The Morgan fingerprint density at radius 3 is 2.76 bits per heavy atom. The molecule has 92 valence electrons. The summed E-state index contributed by atoms with van der Waals surface area (Å²) in [6.45, 7) is 4.11. The number of nitrogens with zero attached hydrogens (tertiary/aromatic N) is 1. The number of rotatable bonds is 5. The molecule has 1 aliphatic rings. The summed E-state index contributed by atoms with van der Waals surface area (Å²) in [4.78, 5) is 2.28. The summed E-state index contributed by atoms with van der Waals surface area (Å²) in [5.74, 6) is 0.891. The number of halogens is 1. The highest BCUT2D eigenvalue weighted by atomic mass is 35.5. The average Bonchev–Trinajstić information content (AvgIpc) is 3.10. The Kier molecular flexibility index (Phi) is 3.57. The number of nitrogen functional groups attached to an aromatic ring is 1. The average molecular weight is 252 g/mol. The normalized spacial score (nSPS) is 14.7. The van der Waals surface area contributed by atoms with Crippen molar-refractivity contribution in [2.24, 2.45) is 11.7 Å². The van der Waals surface area contributed by atoms with Crippen LogP contribution in [0.5, 0.6) is 0 Å². The fourth-order valence-electron chi connectivity index (χ4n) is 2.01. The van der Waals surface area contributed by atoms with Crippen LogP contribution in [0.3, 0.4) is 0 Å². The lowest BCUT2D eigenvalue weighted by atomic mass is 10.1. The van der Waals surface area contributed by atoms with Crippen molar-refractivity contribution in [1.82, 2.24) is 0 Å². The van der Waals surface area contributed by atoms with E-state index >= 15 is 0 Å². The van der Waals surface area contributed by atoms with Gasteiger partial charge in [-0.05, 0) is 43.9 Å². The number of anilines is 1. The van der Waals surface area contributed by atoms with Crippen molar-refractivity contribution >= 4 is 23.1 Å². The number of amidine groups is 1. The predicted molar refractivity (Wildman–Crippen MR) is 73.1 cm³/mol. The first kappa shape index (κ1) is 12.2. The molecule has 4 heteroatoms. The maximum absolute atomic E-state index is 7.63. The van der Waals surface area contributed by atoms with Gasteiger partial charge in [-0.15, -0.1) is 0 Å². The molecule has 3 nitrogen and oxygen atoms in total. The highest BCUT2D eigenvalue weighted by Gasteiger charge is 2.25. The fourth-order valence-corrected chi connectivity index (χ4v) is 2.18. The number of benzene rings is 1. The standard InChI is InChI=1S/C13H18ClN3/c1-2-17(8-9-3-4-9)12-6-5-10(14)7-11(12)13(15)16/h5-7,9H,2-4,8H2,1H3,(H3,15,16). The van der Waals surface area contributed by atoms with E-state index in [2.05, 4.69) is 11.8 Å². The van der Waals surface area contributed by atoms with Crippen LogP contribution in [-0.2, 0) is 0 Å². The molecular formula is C13H18ClN3. The predicted octanol–water partition coefficient (Wildman–Crippen LogP) is 2.86. The van der Waals surface area contributed by atoms with Crippen LogP contribution in [0.4, 0.5) is 5.69 Å². The second kappa shape index (κ2) is 4.96. The molecule has 1 aromatic rings. The molecule has 0 spiro atoms. The molecule has 0 atom stereocenters. The Morgan fingerprint density at radius 2 is 2.24 bits per heavy atom. The molecule has 1 aromatic carbocycles. The molecule has 0 radical (unpaired) electrons. The molecule has 0 aromatic heterocycles. The highest BCUT2D eigenvalue weighted by molar-refractivity contribution is 6.31. The van der Waals surface area contributed by atoms with Gasteiger partial charge in [-0.1, -0.05) is 11.6 Å². The minimum absolute atomic E-state index is 0.0803. The van der Waals surface area contributed by atoms with Gasteiger partial charge in [-0.3, -0.25) is 5.41 Å². The molecule has 0 saturated heterocycles. The maximum atomic E-state index is 7.63. The van der Waals surface area contributed by atoms with Crippen molar-refractivity contribution in [2.45, 2.75) is 19.8 Å². The number of hydrogen-bond acceptors (Lipinski definition) is 2. The van der Waals surface area contributed by atoms with Crippen molar-refractivity contribution < 1.29 is 0 Å². The van der Waals surface area contributed by atoms with E-state index in [0.717, 1.165) is 30.3 Å². The first-order valence-corrected chi connectivity index (χ1v) is 6.38. The van der Waals surface area contributed by atoms with Gasteiger partial charge in [0, 0.05) is 29.4 Å². The van der Waals surface area contributed by atoms with Crippen LogP contribution in [0.2, 0.25) is 5.02 Å². The minimum Gasteiger partial charge on any atom is -0.384 e. The summed E-state index contributed by atoms with van der Waals surface area (Å²) in [6, 6.07) is 5.60. The van der Waals surface area contributed by atoms with Crippen LogP contribution in [-0.4, -0.2) is 18.9 Å². The van der Waals surface area contributed by atoms with E-state index in [0.29, 0.717) is 5.02 Å². The molecule has 0 heterocycles. The summed E-state index contributed by atoms with van der Waals surface area (Å²) >= 11 is 5.96. The van der Waals surface area contributed by atoms with Gasteiger partial charge in [0.1, 0.15) is 5.84 Å². The molecule has 3 N–H and O–H groups in total. The van der Waals surface area contributed by atoms with Crippen LogP contribution >= 0.6 is 11.6 Å². The molecule has 0 unspecified atom stereocenters. The first-order valence-electron chi connectivity index (χ1n) is 6.00. The highest BCUT2D eigenvalue weighted by Crippen LogP contribution is 2.32. The quantitative estimate of drug-likeness (QED) is 0.625. The van der Waals surface area contributed by atoms with Crippen LogP contribution in [0.15, 0.2) is 18.2 Å². The van der Waals surface area contributed by atoms with E-state index in [9.17, 15) is 0 Å². The number of nitrogens with one attached hydrogen (secondary N) is 1. The van der Waals surface area contributed by atoms with Crippen molar-refractivity contribution in [2.75, 3.05) is 18.0 Å². The second-order valence-electron chi connectivity index (χ2n) is 4.56. The second-order valence-corrected chi connectivity index (χ2v) is 4.99. The summed E-state index contributed by atoms with van der Waals surface area (Å²) < 4.78 is 0. The summed E-state index contributed by atoms with van der Waals surface area (Å²) in [6.07, 6.45) is 2.64. The van der Waals surface area contributed by atoms with Gasteiger partial charge in [0.25, 0.3) is 0 Å². The van der Waals surface area contributed by atoms with E-state index in [1.165, 1.54) is 12.8 Å². The van der Waals surface area contributed by atoms with Crippen molar-refractivity contribution in [1.29, 1.82) is 5.41 Å². The van der Waals surface area contributed by atoms with E-state index < -0.39 is 0 Å². The van der Waals surface area contributed by atoms with Crippen molar-refractivity contribution in [3.05, 3.63) is 28.8 Å². The largest absolute Gasteiger partial charge is 0.384 e. The lowest BCUT2D eigenvalue weighted by molar-refractivity contribution is 0.741. The summed E-state index contributed by atoms with van der Waals surface area (Å²) in [5.41, 5.74) is 7.38. The zero-order chi connectivity index (χ0) is 12.4. The van der Waals surface area contributed by atoms with Crippen LogP contribution in [0.25, 0.3) is 0 Å². The molecule has 1 saturated carbocycles. The Hall–Kier alpha value is -1.22. The Bertz CT molecular complexity index is 427. The smallest absolute Gasteiger partial charge is 0.124 e. The van der Waals surface area contributed by atoms with Gasteiger partial charge in [0.15, 0.2) is 0 Å². The van der Waals surface area contributed by atoms with Crippen molar-refractivity contribution in [3.8, 4) is 0 Å². The van der Waals surface area contributed by atoms with E-state index in [-0.39, 0.29) is 5.84 Å². The molecule has 2 rings (SSSR count). The summed E-state index contributed by atoms with van der Waals surface area (Å²) in [5, 5.41) is 8.26. The van der Waals surface area contributed by atoms with Gasteiger partial charge in [0.2, 0.25) is 0 Å². The van der Waals surface area contributed by atoms with E-state index in [4.69, 9.17) is 22.7 Å². The Labute approximate surface area is 107 Å². The Balaban J connectivity index is 2.30. The molecule has 1 aliphatic carbocycles. The topological polar surface area (TPSA) is 53.1 Å². The molecule has 0 bridgehead atoms. The third kappa shape index (κ3) is 2.91.